The van der Waals surface area contributed by atoms with Crippen molar-refractivity contribution in [3.63, 3.8) is 0 Å². The molecule has 0 saturated heterocycles. The van der Waals surface area contributed by atoms with Crippen LogP contribution in [-0.2, 0) is 11.3 Å². The lowest BCUT2D eigenvalue weighted by atomic mass is 10.1. The molecule has 1 atom stereocenters. The van der Waals surface area contributed by atoms with Gasteiger partial charge in [0, 0.05) is 41.7 Å². The number of rotatable bonds is 7. The first-order valence-corrected chi connectivity index (χ1v) is 8.83. The van der Waals surface area contributed by atoms with Gasteiger partial charge in [0.05, 0.1) is 7.11 Å². The van der Waals surface area contributed by atoms with E-state index in [4.69, 9.17) is 4.74 Å². The molecule has 0 radical (unpaired) electrons. The second-order valence-electron chi connectivity index (χ2n) is 6.55. The molecule has 0 bridgehead atoms. The summed E-state index contributed by atoms with van der Waals surface area (Å²) in [6.07, 6.45) is 2.87. The number of hydrogen-bond acceptors (Lipinski definition) is 2. The Morgan fingerprint density at radius 1 is 1.15 bits per heavy atom. The van der Waals surface area contributed by atoms with Gasteiger partial charge in [-0.3, -0.25) is 4.79 Å². The number of aromatic nitrogens is 1. The van der Waals surface area contributed by atoms with Gasteiger partial charge >= 0.3 is 0 Å². The van der Waals surface area contributed by atoms with Crippen LogP contribution in [0.25, 0.3) is 10.9 Å². The standard InChI is InChI=1S/C21H22F2N2O2/c1-14(25-10-9-15-11-17(22)4-6-19(15)25)3-8-21(26)24-13-16-12-18(23)5-7-20(16)27-2/h4-7,9-12,14H,3,8,13H2,1-2H3,(H,24,26). The smallest absolute Gasteiger partial charge is 0.220 e. The Labute approximate surface area is 156 Å². The molecule has 1 unspecified atom stereocenters. The van der Waals surface area contributed by atoms with E-state index in [1.807, 2.05) is 23.8 Å². The molecule has 0 fully saturated rings. The van der Waals surface area contributed by atoms with Crippen LogP contribution < -0.4 is 10.1 Å². The maximum atomic E-state index is 13.4. The minimum atomic E-state index is -0.371. The molecule has 4 nitrogen and oxygen atoms in total. The van der Waals surface area contributed by atoms with E-state index < -0.39 is 0 Å². The molecule has 2 aromatic carbocycles. The highest BCUT2D eigenvalue weighted by atomic mass is 19.1. The normalized spacial score (nSPS) is 12.1. The predicted octanol–water partition coefficient (Wildman–Crippen LogP) is 4.59. The van der Waals surface area contributed by atoms with Gasteiger partial charge in [0.25, 0.3) is 0 Å². The largest absolute Gasteiger partial charge is 0.496 e. The number of fused-ring (bicyclic) bond motifs is 1. The summed E-state index contributed by atoms with van der Waals surface area (Å²) in [6, 6.07) is 10.8. The minimum absolute atomic E-state index is 0.0856. The molecule has 3 rings (SSSR count). The van der Waals surface area contributed by atoms with E-state index in [1.54, 1.807) is 12.1 Å². The summed E-state index contributed by atoms with van der Waals surface area (Å²) in [6.45, 7) is 2.23. The van der Waals surface area contributed by atoms with Gasteiger partial charge in [-0.1, -0.05) is 0 Å². The molecule has 0 aliphatic heterocycles. The second-order valence-corrected chi connectivity index (χ2v) is 6.55. The third-order valence-corrected chi connectivity index (χ3v) is 4.66. The lowest BCUT2D eigenvalue weighted by Crippen LogP contribution is -2.23. The van der Waals surface area contributed by atoms with Crippen molar-refractivity contribution >= 4 is 16.8 Å². The number of carbonyl (C=O) groups excluding carboxylic acids is 1. The molecule has 1 N–H and O–H groups in total. The number of benzene rings is 2. The molecular weight excluding hydrogens is 350 g/mol. The summed E-state index contributed by atoms with van der Waals surface area (Å²) in [5.41, 5.74) is 1.53. The fraction of sp³-hybridized carbons (Fsp3) is 0.286. The molecule has 0 aliphatic rings. The number of amides is 1. The van der Waals surface area contributed by atoms with Crippen molar-refractivity contribution < 1.29 is 18.3 Å². The Morgan fingerprint density at radius 2 is 1.89 bits per heavy atom. The van der Waals surface area contributed by atoms with Crippen LogP contribution in [0, 0.1) is 11.6 Å². The number of halogens is 2. The molecule has 3 aromatic rings. The average Bonchev–Trinajstić information content (AvgIpc) is 3.07. The third-order valence-electron chi connectivity index (χ3n) is 4.66. The number of hydrogen-bond donors (Lipinski definition) is 1. The molecule has 1 heterocycles. The molecule has 0 spiro atoms. The Kier molecular flexibility index (Phi) is 5.74. The molecule has 0 aliphatic carbocycles. The molecule has 27 heavy (non-hydrogen) atoms. The van der Waals surface area contributed by atoms with Gasteiger partial charge in [-0.25, -0.2) is 8.78 Å². The first-order valence-electron chi connectivity index (χ1n) is 8.83. The van der Waals surface area contributed by atoms with E-state index >= 15 is 0 Å². The van der Waals surface area contributed by atoms with Crippen LogP contribution in [0.3, 0.4) is 0 Å². The van der Waals surface area contributed by atoms with Crippen LogP contribution in [0.4, 0.5) is 8.78 Å². The van der Waals surface area contributed by atoms with Crippen molar-refractivity contribution in [2.75, 3.05) is 7.11 Å². The number of nitrogens with one attached hydrogen (secondary N) is 1. The Hall–Kier alpha value is -2.89. The molecule has 0 saturated carbocycles. The third kappa shape index (κ3) is 4.45. The first kappa shape index (κ1) is 18.9. The SMILES string of the molecule is COc1ccc(F)cc1CNC(=O)CCC(C)n1ccc2cc(F)ccc21. The second kappa shape index (κ2) is 8.20. The number of carbonyl (C=O) groups is 1. The summed E-state index contributed by atoms with van der Waals surface area (Å²) in [7, 11) is 1.51. The van der Waals surface area contributed by atoms with Crippen molar-refractivity contribution in [2.24, 2.45) is 0 Å². The van der Waals surface area contributed by atoms with Crippen molar-refractivity contribution in [1.29, 1.82) is 0 Å². The van der Waals surface area contributed by atoms with Crippen molar-refractivity contribution in [3.8, 4) is 5.75 Å². The summed E-state index contributed by atoms with van der Waals surface area (Å²) >= 11 is 0. The monoisotopic (exact) mass is 372 g/mol. The highest BCUT2D eigenvalue weighted by molar-refractivity contribution is 5.80. The molecular formula is C21H22F2N2O2. The number of methoxy groups -OCH3 is 1. The van der Waals surface area contributed by atoms with Gasteiger partial charge in [0.1, 0.15) is 17.4 Å². The maximum absolute atomic E-state index is 13.4. The molecule has 1 aromatic heterocycles. The van der Waals surface area contributed by atoms with Crippen molar-refractivity contribution in [1.82, 2.24) is 9.88 Å². The molecule has 1 amide bonds. The predicted molar refractivity (Wildman–Crippen MR) is 101 cm³/mol. The minimum Gasteiger partial charge on any atom is -0.496 e. The van der Waals surface area contributed by atoms with E-state index in [9.17, 15) is 13.6 Å². The Morgan fingerprint density at radius 3 is 2.67 bits per heavy atom. The zero-order valence-corrected chi connectivity index (χ0v) is 15.3. The van der Waals surface area contributed by atoms with Crippen LogP contribution in [0.2, 0.25) is 0 Å². The van der Waals surface area contributed by atoms with Crippen LogP contribution in [0.15, 0.2) is 48.7 Å². The van der Waals surface area contributed by atoms with E-state index in [2.05, 4.69) is 5.32 Å². The number of ether oxygens (including phenoxy) is 1. The Bertz CT molecular complexity index is 953. The molecule has 6 heteroatoms. The lowest BCUT2D eigenvalue weighted by Gasteiger charge is -2.15. The van der Waals surface area contributed by atoms with E-state index in [0.717, 1.165) is 10.9 Å². The molecule has 142 valence electrons. The summed E-state index contributed by atoms with van der Waals surface area (Å²) < 4.78 is 33.9. The highest BCUT2D eigenvalue weighted by Crippen LogP contribution is 2.24. The van der Waals surface area contributed by atoms with Crippen molar-refractivity contribution in [3.05, 3.63) is 65.9 Å². The summed E-state index contributed by atoms with van der Waals surface area (Å²) in [4.78, 5) is 12.2. The maximum Gasteiger partial charge on any atom is 0.220 e. The van der Waals surface area contributed by atoms with Gasteiger partial charge < -0.3 is 14.6 Å². The number of nitrogens with zero attached hydrogens (tertiary/aromatic N) is 1. The van der Waals surface area contributed by atoms with Crippen LogP contribution in [0.1, 0.15) is 31.4 Å². The van der Waals surface area contributed by atoms with E-state index in [0.29, 0.717) is 24.2 Å². The average molecular weight is 372 g/mol. The van der Waals surface area contributed by atoms with Gasteiger partial charge in [-0.05, 0) is 55.8 Å². The van der Waals surface area contributed by atoms with Crippen LogP contribution in [-0.4, -0.2) is 17.6 Å². The lowest BCUT2D eigenvalue weighted by molar-refractivity contribution is -0.121. The van der Waals surface area contributed by atoms with Gasteiger partial charge in [0.15, 0.2) is 0 Å². The zero-order valence-electron chi connectivity index (χ0n) is 15.3. The van der Waals surface area contributed by atoms with Gasteiger partial charge in [0.2, 0.25) is 5.91 Å². The van der Waals surface area contributed by atoms with Gasteiger partial charge in [-0.2, -0.15) is 0 Å². The van der Waals surface area contributed by atoms with E-state index in [-0.39, 0.29) is 30.1 Å². The fourth-order valence-electron chi connectivity index (χ4n) is 3.17. The Balaban J connectivity index is 1.56. The van der Waals surface area contributed by atoms with Gasteiger partial charge in [-0.15, -0.1) is 0 Å². The topological polar surface area (TPSA) is 43.3 Å². The quantitative estimate of drug-likeness (QED) is 0.659. The van der Waals surface area contributed by atoms with Crippen LogP contribution >= 0.6 is 0 Å². The summed E-state index contributed by atoms with van der Waals surface area (Å²) in [5.74, 6) is -0.212. The fourth-order valence-corrected chi connectivity index (χ4v) is 3.17. The van der Waals surface area contributed by atoms with E-state index in [1.165, 1.54) is 31.4 Å². The zero-order chi connectivity index (χ0) is 19.4. The summed E-state index contributed by atoms with van der Waals surface area (Å²) in [5, 5.41) is 3.64. The van der Waals surface area contributed by atoms with Crippen LogP contribution in [0.5, 0.6) is 5.75 Å². The van der Waals surface area contributed by atoms with Crippen molar-refractivity contribution in [2.45, 2.75) is 32.4 Å². The first-order chi connectivity index (χ1) is 13.0. The highest BCUT2D eigenvalue weighted by Gasteiger charge is 2.12.